The zero-order valence-corrected chi connectivity index (χ0v) is 21.6. The number of hydrogen-bond donors (Lipinski definition) is 3. The minimum atomic E-state index is -1.04. The smallest absolute Gasteiger partial charge is 0.339 e. The lowest BCUT2D eigenvalue weighted by molar-refractivity contribution is -0.419. The van der Waals surface area contributed by atoms with Crippen molar-refractivity contribution in [3.8, 4) is 28.7 Å². The number of aromatic carboxylic acids is 1. The lowest BCUT2D eigenvalue weighted by atomic mass is 10.0. The predicted molar refractivity (Wildman–Crippen MR) is 145 cm³/mol. The Hall–Kier alpha value is -4.30. The quantitative estimate of drug-likeness (QED) is 0.270. The van der Waals surface area contributed by atoms with E-state index in [1.54, 1.807) is 36.8 Å². The van der Waals surface area contributed by atoms with Crippen molar-refractivity contribution in [1.29, 1.82) is 0 Å². The number of carboxylic acids is 1. The zero-order valence-electron chi connectivity index (χ0n) is 21.6. The maximum atomic E-state index is 11.6. The van der Waals surface area contributed by atoms with Crippen molar-refractivity contribution in [1.82, 2.24) is 0 Å². The normalized spacial score (nSPS) is 12.3. The molecule has 8 nitrogen and oxygen atoms in total. The van der Waals surface area contributed by atoms with Crippen LogP contribution in [0.3, 0.4) is 0 Å². The van der Waals surface area contributed by atoms with Crippen molar-refractivity contribution in [2.75, 3.05) is 13.2 Å². The molecule has 0 aromatic heterocycles. The largest absolute Gasteiger partial charge is 0.507 e. The van der Waals surface area contributed by atoms with Crippen LogP contribution in [0, 0.1) is 0 Å². The van der Waals surface area contributed by atoms with Crippen LogP contribution in [0.2, 0.25) is 0 Å². The molecule has 0 bridgehead atoms. The molecule has 0 radical (unpaired) electrons. The van der Waals surface area contributed by atoms with Gasteiger partial charge >= 0.3 is 5.97 Å². The number of phenolic OH excluding ortho intramolecular Hbond substituents is 1. The molecule has 3 aromatic carbocycles. The van der Waals surface area contributed by atoms with Crippen LogP contribution in [0.25, 0.3) is 5.70 Å². The second kappa shape index (κ2) is 12.8. The van der Waals surface area contributed by atoms with Gasteiger partial charge in [-0.2, -0.15) is 0 Å². The monoisotopic (exact) mass is 517 g/mol. The molecular weight excluding hydrogens is 484 g/mol. The molecule has 0 aliphatic carbocycles. The summed E-state index contributed by atoms with van der Waals surface area (Å²) in [5.74, 6) is 1.36. The van der Waals surface area contributed by atoms with Crippen LogP contribution in [-0.4, -0.2) is 35.7 Å². The number of hydrogen-bond acceptors (Lipinski definition) is 6. The highest BCUT2D eigenvalue weighted by molar-refractivity contribution is 5.91. The van der Waals surface area contributed by atoms with Crippen molar-refractivity contribution < 1.29 is 34.5 Å². The molecule has 0 atom stereocenters. The summed E-state index contributed by atoms with van der Waals surface area (Å²) in [7, 11) is 0. The summed E-state index contributed by atoms with van der Waals surface area (Å²) in [5.41, 5.74) is 3.63. The molecule has 0 saturated carbocycles. The topological polar surface area (TPSA) is 114 Å². The van der Waals surface area contributed by atoms with Gasteiger partial charge in [-0.05, 0) is 48.7 Å². The van der Waals surface area contributed by atoms with Gasteiger partial charge in [0.2, 0.25) is 0 Å². The fraction of sp³-hybridized carbons (Fsp3) is 0.267. The Morgan fingerprint density at radius 3 is 2.39 bits per heavy atom. The Morgan fingerprint density at radius 2 is 1.68 bits per heavy atom. The Morgan fingerprint density at radius 1 is 0.947 bits per heavy atom. The van der Waals surface area contributed by atoms with Crippen molar-refractivity contribution in [3.63, 3.8) is 0 Å². The average Bonchev–Trinajstić information content (AvgIpc) is 3.45. The summed E-state index contributed by atoms with van der Waals surface area (Å²) in [6, 6.07) is 15.8. The van der Waals surface area contributed by atoms with E-state index < -0.39 is 5.97 Å². The van der Waals surface area contributed by atoms with Crippen LogP contribution in [0.15, 0.2) is 65.8 Å². The predicted octanol–water partition coefficient (Wildman–Crippen LogP) is 5.15. The average molecular weight is 518 g/mol. The third-order valence-corrected chi connectivity index (χ3v) is 6.16. The Bertz CT molecular complexity index is 1350. The number of quaternary nitrogens is 1. The first-order valence-electron chi connectivity index (χ1n) is 12.8. The van der Waals surface area contributed by atoms with Gasteiger partial charge < -0.3 is 24.4 Å². The molecule has 38 heavy (non-hydrogen) atoms. The van der Waals surface area contributed by atoms with E-state index in [2.05, 4.69) is 18.8 Å². The van der Waals surface area contributed by atoms with Crippen LogP contribution in [0.1, 0.15) is 53.7 Å². The Kier molecular flexibility index (Phi) is 9.00. The van der Waals surface area contributed by atoms with Gasteiger partial charge in [0.25, 0.3) is 0 Å². The van der Waals surface area contributed by atoms with Crippen molar-refractivity contribution in [3.05, 3.63) is 83.1 Å². The number of ether oxygens (including phenoxy) is 3. The van der Waals surface area contributed by atoms with Crippen LogP contribution in [0.5, 0.6) is 28.7 Å². The highest BCUT2D eigenvalue weighted by atomic mass is 16.5. The van der Waals surface area contributed by atoms with Crippen molar-refractivity contribution in [2.24, 2.45) is 4.99 Å². The molecule has 198 valence electrons. The number of aliphatic imine (C=N–C) groups is 1. The van der Waals surface area contributed by atoms with Crippen LogP contribution >= 0.6 is 0 Å². The van der Waals surface area contributed by atoms with Gasteiger partial charge in [-0.15, -0.1) is 0 Å². The van der Waals surface area contributed by atoms with Crippen LogP contribution in [0.4, 0.5) is 0 Å². The number of nitrogens with zero attached hydrogens (tertiary/aromatic N) is 1. The number of benzene rings is 3. The van der Waals surface area contributed by atoms with Crippen LogP contribution < -0.4 is 19.5 Å². The molecule has 0 unspecified atom stereocenters. The first kappa shape index (κ1) is 26.8. The fourth-order valence-corrected chi connectivity index (χ4v) is 4.25. The molecule has 0 saturated heterocycles. The highest BCUT2D eigenvalue weighted by Crippen LogP contribution is 2.35. The minimum Gasteiger partial charge on any atom is -0.507 e. The van der Waals surface area contributed by atoms with E-state index in [4.69, 9.17) is 14.2 Å². The van der Waals surface area contributed by atoms with Gasteiger partial charge in [-0.3, -0.25) is 5.32 Å². The third-order valence-electron chi connectivity index (χ3n) is 6.16. The van der Waals surface area contributed by atoms with Gasteiger partial charge in [0.15, 0.2) is 12.0 Å². The van der Waals surface area contributed by atoms with Crippen molar-refractivity contribution in [2.45, 2.75) is 39.5 Å². The van der Waals surface area contributed by atoms with Gasteiger partial charge in [-0.1, -0.05) is 38.5 Å². The number of phenols is 1. The summed E-state index contributed by atoms with van der Waals surface area (Å²) < 4.78 is 18.1. The molecule has 1 aliphatic rings. The molecular formula is C30H33N2O6+. The molecule has 4 rings (SSSR count). The summed E-state index contributed by atoms with van der Waals surface area (Å²) in [6.07, 6.45) is 6.43. The lowest BCUT2D eigenvalue weighted by Crippen LogP contribution is -2.77. The maximum absolute atomic E-state index is 11.6. The second-order valence-corrected chi connectivity index (χ2v) is 8.82. The fourth-order valence-electron chi connectivity index (χ4n) is 4.25. The van der Waals surface area contributed by atoms with Gasteiger partial charge in [0.1, 0.15) is 34.3 Å². The number of rotatable bonds is 13. The summed E-state index contributed by atoms with van der Waals surface area (Å²) in [6.45, 7) is 4.97. The van der Waals surface area contributed by atoms with Gasteiger partial charge in [-0.25, -0.2) is 9.79 Å². The van der Waals surface area contributed by atoms with E-state index in [1.165, 1.54) is 6.07 Å². The molecule has 1 heterocycles. The maximum Gasteiger partial charge on any atom is 0.339 e. The first-order valence-corrected chi connectivity index (χ1v) is 12.8. The summed E-state index contributed by atoms with van der Waals surface area (Å²) in [4.78, 5) is 15.7. The summed E-state index contributed by atoms with van der Waals surface area (Å²) >= 11 is 0. The number of carbonyl (C=O) groups is 1. The molecule has 4 N–H and O–H groups in total. The van der Waals surface area contributed by atoms with E-state index in [9.17, 15) is 15.0 Å². The molecule has 0 fully saturated rings. The molecule has 8 heteroatoms. The number of nitrogens with two attached hydrogens (primary N) is 1. The SMILES string of the molecule is CCCc1c(OCCCOc2cc(O)c(C3=CN=C[NH2+]3)cc2CC)cccc1Oc1ccccc1C(=O)O. The van der Waals surface area contributed by atoms with Crippen molar-refractivity contribution >= 4 is 18.0 Å². The molecule has 0 spiro atoms. The van der Waals surface area contributed by atoms with E-state index >= 15 is 0 Å². The minimum absolute atomic E-state index is 0.107. The Labute approximate surface area is 222 Å². The van der Waals surface area contributed by atoms with Gasteiger partial charge in [0.05, 0.1) is 25.0 Å². The third kappa shape index (κ3) is 6.33. The first-order chi connectivity index (χ1) is 18.5. The van der Waals surface area contributed by atoms with Gasteiger partial charge in [0, 0.05) is 18.1 Å². The number of carboxylic acid groups (broad SMARTS) is 1. The number of para-hydroxylation sites is 1. The second-order valence-electron chi connectivity index (χ2n) is 8.82. The molecule has 1 aliphatic heterocycles. The van der Waals surface area contributed by atoms with E-state index in [0.29, 0.717) is 42.6 Å². The highest BCUT2D eigenvalue weighted by Gasteiger charge is 2.18. The van der Waals surface area contributed by atoms with E-state index in [1.807, 2.05) is 29.6 Å². The molecule has 0 amide bonds. The standard InChI is InChI=1S/C30H32N2O6/c1-3-9-21-26(12-7-13-27(21)38-28-11-6-5-10-22(28)30(34)35)36-14-8-15-37-29-17-25(33)23(16-20(29)4-2)24-18-31-19-32-24/h5-7,10-13,16-19,33H,3-4,8-9,14-15H2,1-2H3,(H,31,32)(H,34,35)/p+1. The summed E-state index contributed by atoms with van der Waals surface area (Å²) in [5, 5.41) is 21.9. The van der Waals surface area contributed by atoms with E-state index in [0.717, 1.165) is 41.6 Å². The van der Waals surface area contributed by atoms with E-state index in [-0.39, 0.29) is 11.3 Å². The Balaban J connectivity index is 1.39. The zero-order chi connectivity index (χ0) is 26.9. The molecule has 3 aromatic rings. The van der Waals surface area contributed by atoms with Crippen LogP contribution in [-0.2, 0) is 12.8 Å². The lowest BCUT2D eigenvalue weighted by Gasteiger charge is -2.17. The number of aryl methyl sites for hydroxylation is 1. The number of aromatic hydroxyl groups is 1.